The molecule has 2 atom stereocenters. The van der Waals surface area contributed by atoms with Gasteiger partial charge in [-0.3, -0.25) is 4.90 Å². The smallest absolute Gasteiger partial charge is 0.140 e. The Hall–Kier alpha value is -2.05. The van der Waals surface area contributed by atoms with Crippen LogP contribution >= 0.6 is 23.2 Å². The van der Waals surface area contributed by atoms with Gasteiger partial charge in [-0.1, -0.05) is 23.2 Å². The number of hydrogen-bond donors (Lipinski definition) is 0. The van der Waals surface area contributed by atoms with E-state index in [0.29, 0.717) is 5.02 Å². The van der Waals surface area contributed by atoms with Crippen molar-refractivity contribution >= 4 is 23.2 Å². The number of rotatable bonds is 4. The molecule has 7 heteroatoms. The van der Waals surface area contributed by atoms with Gasteiger partial charge >= 0.3 is 0 Å². The number of likely N-dealkylation sites (N-methyl/N-ethyl adjacent to an activating group) is 1. The first-order valence-corrected chi connectivity index (χ1v) is 11.0. The van der Waals surface area contributed by atoms with Crippen LogP contribution in [0.4, 0.5) is 0 Å². The lowest BCUT2D eigenvalue weighted by Gasteiger charge is -2.38. The zero-order valence-electron chi connectivity index (χ0n) is 16.8. The SMILES string of the molecule is CN1CCN([C@H]2Cc3c(Cl)cc(Cl)cc3[C@H]2Oc2ccc(-n3ccnc3)cc2)CC1. The number of piperazine rings is 1. The van der Waals surface area contributed by atoms with E-state index < -0.39 is 0 Å². The Kier molecular flexibility index (Phi) is 5.46. The Morgan fingerprint density at radius 1 is 1.03 bits per heavy atom. The Morgan fingerprint density at radius 2 is 1.80 bits per heavy atom. The molecule has 5 rings (SSSR count). The summed E-state index contributed by atoms with van der Waals surface area (Å²) in [5, 5.41) is 1.39. The highest BCUT2D eigenvalue weighted by Crippen LogP contribution is 2.42. The molecule has 1 aromatic heterocycles. The number of benzene rings is 2. The summed E-state index contributed by atoms with van der Waals surface area (Å²) < 4.78 is 8.55. The molecule has 0 bridgehead atoms. The first kappa shape index (κ1) is 19.9. The van der Waals surface area contributed by atoms with Crippen LogP contribution in [-0.2, 0) is 6.42 Å². The van der Waals surface area contributed by atoms with Crippen LogP contribution in [0.2, 0.25) is 10.0 Å². The first-order chi connectivity index (χ1) is 14.6. The van der Waals surface area contributed by atoms with Gasteiger partial charge in [-0.05, 0) is 55.4 Å². The Balaban J connectivity index is 1.44. The molecule has 30 heavy (non-hydrogen) atoms. The quantitative estimate of drug-likeness (QED) is 0.596. The second-order valence-electron chi connectivity index (χ2n) is 8.07. The highest BCUT2D eigenvalue weighted by molar-refractivity contribution is 6.35. The van der Waals surface area contributed by atoms with E-state index >= 15 is 0 Å². The Bertz CT molecular complexity index is 1010. The summed E-state index contributed by atoms with van der Waals surface area (Å²) in [4.78, 5) is 9.02. The number of halogens is 2. The van der Waals surface area contributed by atoms with Crippen molar-refractivity contribution in [2.45, 2.75) is 18.6 Å². The van der Waals surface area contributed by atoms with Crippen LogP contribution in [0.25, 0.3) is 5.69 Å². The highest BCUT2D eigenvalue weighted by Gasteiger charge is 2.40. The fraction of sp³-hybridized carbons (Fsp3) is 0.348. The van der Waals surface area contributed by atoms with Crippen LogP contribution in [-0.4, -0.2) is 58.6 Å². The predicted octanol–water partition coefficient (Wildman–Crippen LogP) is 4.47. The molecule has 2 heterocycles. The van der Waals surface area contributed by atoms with E-state index in [-0.39, 0.29) is 12.1 Å². The summed E-state index contributed by atoms with van der Waals surface area (Å²) in [5.74, 6) is 0.840. The Labute approximate surface area is 186 Å². The van der Waals surface area contributed by atoms with Gasteiger partial charge in [0.1, 0.15) is 11.9 Å². The molecule has 1 aliphatic heterocycles. The van der Waals surface area contributed by atoms with Gasteiger partial charge in [-0.25, -0.2) is 4.98 Å². The third-order valence-electron chi connectivity index (χ3n) is 6.17. The van der Waals surface area contributed by atoms with Gasteiger partial charge in [0.2, 0.25) is 0 Å². The van der Waals surface area contributed by atoms with Gasteiger partial charge in [-0.15, -0.1) is 0 Å². The standard InChI is InChI=1S/C23H24Cl2N4O/c1-27-8-10-28(11-9-27)22-14-19-20(12-16(24)13-21(19)25)23(22)30-18-4-2-17(3-5-18)29-7-6-26-15-29/h2-7,12-13,15,22-23H,8-11,14H2,1H3/t22-,23+/m0/s1. The average Bonchev–Trinajstić information content (AvgIpc) is 3.39. The third kappa shape index (κ3) is 3.83. The second kappa shape index (κ2) is 8.23. The topological polar surface area (TPSA) is 33.5 Å². The van der Waals surface area contributed by atoms with Crippen molar-refractivity contribution in [2.75, 3.05) is 33.2 Å². The van der Waals surface area contributed by atoms with Crippen molar-refractivity contribution in [3.05, 3.63) is 76.3 Å². The highest BCUT2D eigenvalue weighted by atomic mass is 35.5. The molecule has 0 spiro atoms. The summed E-state index contributed by atoms with van der Waals surface area (Å²) in [5.41, 5.74) is 3.31. The minimum Gasteiger partial charge on any atom is -0.484 e. The first-order valence-electron chi connectivity index (χ1n) is 10.2. The second-order valence-corrected chi connectivity index (χ2v) is 8.91. The summed E-state index contributed by atoms with van der Waals surface area (Å²) in [7, 11) is 2.17. The van der Waals surface area contributed by atoms with Crippen LogP contribution in [0.1, 0.15) is 17.2 Å². The van der Waals surface area contributed by atoms with E-state index in [1.165, 1.54) is 0 Å². The Morgan fingerprint density at radius 3 is 2.50 bits per heavy atom. The van der Waals surface area contributed by atoms with Crippen LogP contribution in [0, 0.1) is 0 Å². The van der Waals surface area contributed by atoms with E-state index in [4.69, 9.17) is 27.9 Å². The lowest BCUT2D eigenvalue weighted by atomic mass is 10.1. The zero-order valence-corrected chi connectivity index (χ0v) is 18.4. The van der Waals surface area contributed by atoms with Gasteiger partial charge in [-0.2, -0.15) is 0 Å². The maximum atomic E-state index is 6.58. The average molecular weight is 443 g/mol. The molecule has 2 aliphatic rings. The van der Waals surface area contributed by atoms with Gasteiger partial charge in [0, 0.05) is 59.9 Å². The molecule has 1 fully saturated rings. The predicted molar refractivity (Wildman–Crippen MR) is 120 cm³/mol. The fourth-order valence-electron chi connectivity index (χ4n) is 4.49. The van der Waals surface area contributed by atoms with Gasteiger partial charge in [0.15, 0.2) is 0 Å². The summed E-state index contributed by atoms with van der Waals surface area (Å²) in [6, 6.07) is 12.2. The molecule has 0 radical (unpaired) electrons. The monoisotopic (exact) mass is 442 g/mol. The molecule has 156 valence electrons. The van der Waals surface area contributed by atoms with Gasteiger partial charge in [0.05, 0.1) is 12.4 Å². The molecule has 0 unspecified atom stereocenters. The maximum absolute atomic E-state index is 6.58. The van der Waals surface area contributed by atoms with Crippen LogP contribution in [0.3, 0.4) is 0 Å². The molecule has 3 aromatic rings. The summed E-state index contributed by atoms with van der Waals surface area (Å²) >= 11 is 12.9. The van der Waals surface area contributed by atoms with Gasteiger partial charge in [0.25, 0.3) is 0 Å². The molecule has 1 saturated heterocycles. The van der Waals surface area contributed by atoms with E-state index in [1.54, 1.807) is 12.5 Å². The van der Waals surface area contributed by atoms with Crippen molar-refractivity contribution < 1.29 is 4.74 Å². The van der Waals surface area contributed by atoms with Gasteiger partial charge < -0.3 is 14.2 Å². The van der Waals surface area contributed by atoms with Crippen LogP contribution < -0.4 is 4.74 Å². The lowest BCUT2D eigenvalue weighted by molar-refractivity contribution is 0.0454. The molecular formula is C23H24Cl2N4O. The minimum absolute atomic E-state index is 0.0984. The number of nitrogens with zero attached hydrogens (tertiary/aromatic N) is 4. The maximum Gasteiger partial charge on any atom is 0.140 e. The van der Waals surface area contributed by atoms with Crippen molar-refractivity contribution in [1.29, 1.82) is 0 Å². The number of imidazole rings is 1. The molecule has 0 saturated carbocycles. The molecule has 0 N–H and O–H groups in total. The number of aromatic nitrogens is 2. The van der Waals surface area contributed by atoms with Crippen molar-refractivity contribution in [3.8, 4) is 11.4 Å². The third-order valence-corrected chi connectivity index (χ3v) is 6.73. The number of fused-ring (bicyclic) bond motifs is 1. The van der Waals surface area contributed by atoms with Crippen LogP contribution in [0.15, 0.2) is 55.1 Å². The largest absolute Gasteiger partial charge is 0.484 e. The number of ether oxygens (including phenoxy) is 1. The van der Waals surface area contributed by atoms with Crippen molar-refractivity contribution in [1.82, 2.24) is 19.4 Å². The molecule has 0 amide bonds. The number of hydrogen-bond acceptors (Lipinski definition) is 4. The fourth-order valence-corrected chi connectivity index (χ4v) is 5.07. The molecule has 1 aliphatic carbocycles. The summed E-state index contributed by atoms with van der Waals surface area (Å²) in [6.07, 6.45) is 6.27. The van der Waals surface area contributed by atoms with E-state index in [9.17, 15) is 0 Å². The minimum atomic E-state index is -0.0984. The zero-order chi connectivity index (χ0) is 20.7. The van der Waals surface area contributed by atoms with E-state index in [2.05, 4.69) is 21.8 Å². The lowest BCUT2D eigenvalue weighted by Crippen LogP contribution is -2.50. The van der Waals surface area contributed by atoms with E-state index in [1.807, 2.05) is 47.2 Å². The normalized spacial score (nSPS) is 22.2. The summed E-state index contributed by atoms with van der Waals surface area (Å²) in [6.45, 7) is 4.18. The van der Waals surface area contributed by atoms with E-state index in [0.717, 1.165) is 60.2 Å². The van der Waals surface area contributed by atoms with Crippen LogP contribution in [0.5, 0.6) is 5.75 Å². The molecule has 2 aromatic carbocycles. The molecular weight excluding hydrogens is 419 g/mol. The van der Waals surface area contributed by atoms with Crippen molar-refractivity contribution in [2.24, 2.45) is 0 Å². The van der Waals surface area contributed by atoms with Crippen molar-refractivity contribution in [3.63, 3.8) is 0 Å². The molecule has 5 nitrogen and oxygen atoms in total.